The molecule has 0 spiro atoms. The first-order valence-electron chi connectivity index (χ1n) is 11.3. The highest BCUT2D eigenvalue weighted by atomic mass is 35.5. The van der Waals surface area contributed by atoms with Crippen molar-refractivity contribution >= 4 is 45.3 Å². The summed E-state index contributed by atoms with van der Waals surface area (Å²) in [5.41, 5.74) is 0.139. The molecule has 0 unspecified atom stereocenters. The number of fused-ring (bicyclic) bond motifs is 1. The van der Waals surface area contributed by atoms with Gasteiger partial charge in [0.2, 0.25) is 5.91 Å². The van der Waals surface area contributed by atoms with Crippen molar-refractivity contribution in [1.29, 1.82) is 0 Å². The SMILES string of the molecule is CC(C)[S@+]([O-])N[C@@H](c1cnc(NC(=O)C2(c3ccc4c(c3)OC(F)(F)O4)CC2)s1)c1ccc(F)cc1Cl. The van der Waals surface area contributed by atoms with E-state index in [9.17, 15) is 22.5 Å². The Bertz CT molecular complexity index is 1350. The quantitative estimate of drug-likeness (QED) is 0.338. The summed E-state index contributed by atoms with van der Waals surface area (Å²) in [7, 11) is 0. The highest BCUT2D eigenvalue weighted by Gasteiger charge is 2.53. The predicted octanol–water partition coefficient (Wildman–Crippen LogP) is 5.68. The van der Waals surface area contributed by atoms with Gasteiger partial charge in [-0.05, 0) is 62.1 Å². The monoisotopic (exact) mass is 571 g/mol. The van der Waals surface area contributed by atoms with Crippen LogP contribution < -0.4 is 19.5 Å². The van der Waals surface area contributed by atoms with Crippen molar-refractivity contribution in [2.24, 2.45) is 0 Å². The Morgan fingerprint density at radius 1 is 1.19 bits per heavy atom. The lowest BCUT2D eigenvalue weighted by Gasteiger charge is -2.22. The molecule has 2 atom stereocenters. The number of ether oxygens (including phenoxy) is 2. The number of amides is 1. The molecular formula is C24H21ClF3N3O4S2. The van der Waals surface area contributed by atoms with E-state index < -0.39 is 34.9 Å². The van der Waals surface area contributed by atoms with Crippen molar-refractivity contribution in [2.45, 2.75) is 49.7 Å². The second-order valence-electron chi connectivity index (χ2n) is 9.00. The van der Waals surface area contributed by atoms with Gasteiger partial charge in [-0.2, -0.15) is 0 Å². The molecule has 1 fully saturated rings. The summed E-state index contributed by atoms with van der Waals surface area (Å²) in [6.45, 7) is 3.58. The largest absolute Gasteiger partial charge is 0.598 e. The summed E-state index contributed by atoms with van der Waals surface area (Å²) in [5, 5.41) is 3.05. The zero-order valence-corrected chi connectivity index (χ0v) is 21.9. The van der Waals surface area contributed by atoms with Crippen LogP contribution in [0.15, 0.2) is 42.6 Å². The van der Waals surface area contributed by atoms with E-state index in [0.717, 1.165) is 11.3 Å². The van der Waals surface area contributed by atoms with Crippen molar-refractivity contribution in [2.75, 3.05) is 5.32 Å². The van der Waals surface area contributed by atoms with Crippen LogP contribution in [0.3, 0.4) is 0 Å². The van der Waals surface area contributed by atoms with Gasteiger partial charge in [-0.25, -0.2) is 9.37 Å². The average Bonchev–Trinajstić information content (AvgIpc) is 3.41. The van der Waals surface area contributed by atoms with Gasteiger partial charge in [0.05, 0.1) is 10.3 Å². The second kappa shape index (κ2) is 9.66. The Morgan fingerprint density at radius 3 is 2.59 bits per heavy atom. The van der Waals surface area contributed by atoms with E-state index in [0.29, 0.717) is 34.0 Å². The van der Waals surface area contributed by atoms with Gasteiger partial charge >= 0.3 is 6.29 Å². The van der Waals surface area contributed by atoms with Crippen LogP contribution in [0.2, 0.25) is 5.02 Å². The molecular weight excluding hydrogens is 551 g/mol. The summed E-state index contributed by atoms with van der Waals surface area (Å²) in [5.74, 6) is -1.06. The minimum atomic E-state index is -3.74. The molecule has 2 heterocycles. The number of halogens is 4. The van der Waals surface area contributed by atoms with Crippen LogP contribution in [0.25, 0.3) is 0 Å². The van der Waals surface area contributed by atoms with Crippen LogP contribution in [-0.4, -0.2) is 27.0 Å². The van der Waals surface area contributed by atoms with Crippen molar-refractivity contribution < 1.29 is 32.0 Å². The number of carbonyl (C=O) groups excluding carboxylic acids is 1. The van der Waals surface area contributed by atoms with Crippen LogP contribution >= 0.6 is 22.9 Å². The summed E-state index contributed by atoms with van der Waals surface area (Å²) in [6.07, 6.45) is -1.17. The minimum Gasteiger partial charge on any atom is -0.598 e. The number of nitrogens with one attached hydrogen (secondary N) is 2. The van der Waals surface area contributed by atoms with Gasteiger partial charge in [0.1, 0.15) is 17.1 Å². The van der Waals surface area contributed by atoms with Crippen molar-refractivity contribution in [3.8, 4) is 11.5 Å². The maximum atomic E-state index is 13.6. The fourth-order valence-corrected chi connectivity index (χ4v) is 5.97. The minimum absolute atomic E-state index is 0.0914. The Balaban J connectivity index is 1.37. The van der Waals surface area contributed by atoms with E-state index in [-0.39, 0.29) is 27.7 Å². The average molecular weight is 572 g/mol. The summed E-state index contributed by atoms with van der Waals surface area (Å²) in [4.78, 5) is 18.1. The van der Waals surface area contributed by atoms with E-state index in [2.05, 4.69) is 24.5 Å². The Morgan fingerprint density at radius 2 is 1.92 bits per heavy atom. The van der Waals surface area contributed by atoms with E-state index in [1.54, 1.807) is 19.9 Å². The number of thiazole rings is 1. The van der Waals surface area contributed by atoms with Crippen molar-refractivity contribution in [1.82, 2.24) is 9.71 Å². The molecule has 1 saturated carbocycles. The number of alkyl halides is 2. The number of hydrogen-bond acceptors (Lipinski definition) is 7. The van der Waals surface area contributed by atoms with Crippen molar-refractivity contribution in [3.63, 3.8) is 0 Å². The molecule has 37 heavy (non-hydrogen) atoms. The summed E-state index contributed by atoms with van der Waals surface area (Å²) < 4.78 is 65.0. The molecule has 2 aliphatic rings. The van der Waals surface area contributed by atoms with Crippen LogP contribution in [0.4, 0.5) is 18.3 Å². The first-order valence-corrected chi connectivity index (χ1v) is 13.7. The van der Waals surface area contributed by atoms with E-state index in [4.69, 9.17) is 11.6 Å². The van der Waals surface area contributed by atoms with Gasteiger partial charge in [0, 0.05) is 22.6 Å². The molecule has 1 aromatic heterocycles. The van der Waals surface area contributed by atoms with Crippen LogP contribution in [0, 0.1) is 5.82 Å². The molecule has 0 bridgehead atoms. The lowest BCUT2D eigenvalue weighted by Crippen LogP contribution is -2.34. The normalized spacial score (nSPS) is 18.5. The molecule has 5 rings (SSSR count). The Labute approximate surface area is 222 Å². The number of nitrogens with zero attached hydrogens (tertiary/aromatic N) is 1. The maximum absolute atomic E-state index is 13.6. The maximum Gasteiger partial charge on any atom is 0.586 e. The highest BCUT2D eigenvalue weighted by Crippen LogP contribution is 2.52. The van der Waals surface area contributed by atoms with E-state index in [1.165, 1.54) is 36.5 Å². The highest BCUT2D eigenvalue weighted by molar-refractivity contribution is 7.90. The lowest BCUT2D eigenvalue weighted by molar-refractivity contribution is -0.286. The molecule has 0 radical (unpaired) electrons. The number of hydrogen-bond donors (Lipinski definition) is 2. The fraction of sp³-hybridized carbons (Fsp3) is 0.333. The Kier molecular flexibility index (Phi) is 6.82. The van der Waals surface area contributed by atoms with Gasteiger partial charge in [-0.1, -0.05) is 35.1 Å². The van der Waals surface area contributed by atoms with E-state index >= 15 is 0 Å². The van der Waals surface area contributed by atoms with Gasteiger partial charge < -0.3 is 19.3 Å². The van der Waals surface area contributed by atoms with Gasteiger partial charge in [0.15, 0.2) is 16.6 Å². The molecule has 1 amide bonds. The van der Waals surface area contributed by atoms with E-state index in [1.807, 2.05) is 0 Å². The Hall–Kier alpha value is -2.51. The third-order valence-corrected chi connectivity index (χ3v) is 8.73. The standard InChI is InChI=1S/C24H21ClF3N3O4S2/c1-12(2)37(33)31-20(15-5-4-14(26)10-16(15)25)19-11-29-22(36-19)30-21(32)23(7-8-23)13-3-6-17-18(9-13)35-24(27,28)34-17/h3-6,9-12,20,31H,7-8H2,1-2H3,(H,29,30,32)/t20-,37+/m1/s1. The zero-order valence-electron chi connectivity index (χ0n) is 19.5. The molecule has 0 saturated heterocycles. The van der Waals surface area contributed by atoms with Gasteiger partial charge in [0.25, 0.3) is 0 Å². The first-order chi connectivity index (χ1) is 17.5. The molecule has 13 heteroatoms. The smallest absolute Gasteiger partial charge is 0.586 e. The van der Waals surface area contributed by atoms with Gasteiger partial charge in [-0.3, -0.25) is 4.79 Å². The number of aromatic nitrogens is 1. The molecule has 196 valence electrons. The van der Waals surface area contributed by atoms with Gasteiger partial charge in [-0.15, -0.1) is 13.5 Å². The topological polar surface area (TPSA) is 95.5 Å². The number of rotatable bonds is 8. The van der Waals surface area contributed by atoms with Crippen LogP contribution in [-0.2, 0) is 21.6 Å². The van der Waals surface area contributed by atoms with Crippen molar-refractivity contribution in [3.05, 3.63) is 69.4 Å². The lowest BCUT2D eigenvalue weighted by atomic mass is 9.94. The summed E-state index contributed by atoms with van der Waals surface area (Å²) >= 11 is 6.01. The fourth-order valence-electron chi connectivity index (χ4n) is 3.98. The molecule has 2 N–H and O–H groups in total. The third-order valence-electron chi connectivity index (χ3n) is 6.10. The van der Waals surface area contributed by atoms with Crippen LogP contribution in [0.1, 0.15) is 48.7 Å². The van der Waals surface area contributed by atoms with Crippen LogP contribution in [0.5, 0.6) is 11.5 Å². The number of anilines is 1. The number of carbonyl (C=O) groups is 1. The predicted molar refractivity (Wildman–Crippen MR) is 134 cm³/mol. The number of benzene rings is 2. The molecule has 2 aromatic carbocycles. The second-order valence-corrected chi connectivity index (χ2v) is 12.2. The summed E-state index contributed by atoms with van der Waals surface area (Å²) in [6, 6.07) is 7.60. The molecule has 1 aliphatic carbocycles. The zero-order chi connectivity index (χ0) is 26.5. The molecule has 1 aliphatic heterocycles. The third kappa shape index (κ3) is 5.26. The first kappa shape index (κ1) is 26.1. The molecule has 7 nitrogen and oxygen atoms in total. The molecule has 3 aromatic rings.